The summed E-state index contributed by atoms with van der Waals surface area (Å²) in [6.45, 7) is 1.31. The van der Waals surface area contributed by atoms with E-state index in [1.165, 1.54) is 79.7 Å². The summed E-state index contributed by atoms with van der Waals surface area (Å²) in [7, 11) is 0. The number of hydrogen-bond donors (Lipinski definition) is 4. The Labute approximate surface area is 242 Å². The number of amides is 3. The van der Waals surface area contributed by atoms with E-state index < -0.39 is 41.9 Å². The Morgan fingerprint density at radius 3 is 1.54 bits per heavy atom. The Balaban J connectivity index is 1.81. The van der Waals surface area contributed by atoms with Crippen molar-refractivity contribution in [3.63, 3.8) is 0 Å². The van der Waals surface area contributed by atoms with Gasteiger partial charge >= 0.3 is 17.9 Å². The van der Waals surface area contributed by atoms with Gasteiger partial charge < -0.3 is 19.9 Å². The molecule has 0 aliphatic carbocycles. The molecule has 0 saturated carbocycles. The molecule has 41 heavy (non-hydrogen) atoms. The molecular weight excluding hydrogens is 581 g/mol. The lowest BCUT2D eigenvalue weighted by Crippen LogP contribution is -2.54. The van der Waals surface area contributed by atoms with Crippen LogP contribution in [0.3, 0.4) is 0 Å². The number of aliphatic carboxylic acids is 1. The topological polar surface area (TPSA) is 177 Å². The Morgan fingerprint density at radius 1 is 0.659 bits per heavy atom. The molecular formula is C27H21Cl2N3O9. The third-order valence-corrected chi connectivity index (χ3v) is 5.68. The van der Waals surface area contributed by atoms with Gasteiger partial charge in [-0.05, 0) is 72.8 Å². The maximum Gasteiger partial charge on any atom is 0.349 e. The van der Waals surface area contributed by atoms with Crippen LogP contribution in [-0.4, -0.2) is 52.9 Å². The first-order valence-electron chi connectivity index (χ1n) is 11.6. The fourth-order valence-electron chi connectivity index (χ4n) is 3.20. The molecule has 2 atom stereocenters. The molecule has 3 amide bonds. The predicted molar refractivity (Wildman–Crippen MR) is 145 cm³/mol. The average molecular weight is 602 g/mol. The van der Waals surface area contributed by atoms with Crippen molar-refractivity contribution in [3.05, 3.63) is 99.5 Å². The number of anilines is 1. The van der Waals surface area contributed by atoms with Crippen LogP contribution in [0.25, 0.3) is 0 Å². The molecule has 12 nitrogen and oxygen atoms in total. The van der Waals surface area contributed by atoms with E-state index in [1.54, 1.807) is 0 Å². The second-order valence-electron chi connectivity index (χ2n) is 8.21. The molecule has 3 aromatic carbocycles. The molecule has 0 aliphatic rings. The number of carbonyl (C=O) groups is 6. The minimum Gasteiger partial charge on any atom is -0.478 e. The molecule has 14 heteroatoms. The van der Waals surface area contributed by atoms with Gasteiger partial charge in [-0.2, -0.15) is 0 Å². The highest BCUT2D eigenvalue weighted by molar-refractivity contribution is 6.31. The summed E-state index contributed by atoms with van der Waals surface area (Å²) in [6, 6.07) is 16.1. The Bertz CT molecular complexity index is 1460. The molecule has 0 radical (unpaired) electrons. The van der Waals surface area contributed by atoms with Crippen LogP contribution in [0.2, 0.25) is 10.0 Å². The highest BCUT2D eigenvalue weighted by Gasteiger charge is 2.41. The van der Waals surface area contributed by atoms with Crippen molar-refractivity contribution in [2.75, 3.05) is 5.32 Å². The SMILES string of the molecule is CC(=O)Nc1ccc(C(=O)NNC(=O)[C@@H](OC(=O)c2ccc(Cl)cc2)[C@H](OC(=O)c2ccc(Cl)cc2)C(=O)O)cc1. The van der Waals surface area contributed by atoms with Gasteiger partial charge in [-0.25, -0.2) is 14.4 Å². The van der Waals surface area contributed by atoms with Crippen LogP contribution in [0.5, 0.6) is 0 Å². The summed E-state index contributed by atoms with van der Waals surface area (Å²) in [4.78, 5) is 74.2. The lowest BCUT2D eigenvalue weighted by atomic mass is 10.1. The lowest BCUT2D eigenvalue weighted by molar-refractivity contribution is -0.159. The number of halogens is 2. The molecule has 0 heterocycles. The third kappa shape index (κ3) is 8.78. The van der Waals surface area contributed by atoms with E-state index in [0.717, 1.165) is 0 Å². The fourth-order valence-corrected chi connectivity index (χ4v) is 3.46. The van der Waals surface area contributed by atoms with Gasteiger partial charge in [-0.3, -0.25) is 25.2 Å². The van der Waals surface area contributed by atoms with Crippen molar-refractivity contribution in [1.82, 2.24) is 10.9 Å². The van der Waals surface area contributed by atoms with Crippen LogP contribution >= 0.6 is 23.2 Å². The molecule has 0 fully saturated rings. The third-order valence-electron chi connectivity index (χ3n) is 5.17. The van der Waals surface area contributed by atoms with E-state index in [-0.39, 0.29) is 22.6 Å². The molecule has 0 aliphatic heterocycles. The summed E-state index contributed by atoms with van der Waals surface area (Å²) in [5.41, 5.74) is 4.31. The summed E-state index contributed by atoms with van der Waals surface area (Å²) in [5.74, 6) is -6.60. The largest absolute Gasteiger partial charge is 0.478 e. The van der Waals surface area contributed by atoms with Gasteiger partial charge in [0.05, 0.1) is 11.1 Å². The number of ether oxygens (including phenoxy) is 2. The van der Waals surface area contributed by atoms with E-state index in [2.05, 4.69) is 10.7 Å². The Hall–Kier alpha value is -4.94. The highest BCUT2D eigenvalue weighted by Crippen LogP contribution is 2.17. The molecule has 0 unspecified atom stereocenters. The summed E-state index contributed by atoms with van der Waals surface area (Å²) >= 11 is 11.6. The van der Waals surface area contributed by atoms with Crippen LogP contribution in [0, 0.1) is 0 Å². The van der Waals surface area contributed by atoms with E-state index in [4.69, 9.17) is 32.7 Å². The average Bonchev–Trinajstić information content (AvgIpc) is 2.93. The van der Waals surface area contributed by atoms with E-state index in [9.17, 15) is 33.9 Å². The maximum atomic E-state index is 13.0. The van der Waals surface area contributed by atoms with E-state index in [1.807, 2.05) is 5.43 Å². The fraction of sp³-hybridized carbons (Fsp3) is 0.111. The normalized spacial score (nSPS) is 11.8. The summed E-state index contributed by atoms with van der Waals surface area (Å²) in [5, 5.41) is 12.9. The van der Waals surface area contributed by atoms with E-state index >= 15 is 0 Å². The van der Waals surface area contributed by atoms with Gasteiger partial charge in [0.15, 0.2) is 0 Å². The van der Waals surface area contributed by atoms with Crippen molar-refractivity contribution in [2.24, 2.45) is 0 Å². The monoisotopic (exact) mass is 601 g/mol. The molecule has 0 bridgehead atoms. The van der Waals surface area contributed by atoms with Crippen LogP contribution in [0.15, 0.2) is 72.8 Å². The minimum atomic E-state index is -2.33. The lowest BCUT2D eigenvalue weighted by Gasteiger charge is -2.23. The van der Waals surface area contributed by atoms with Crippen LogP contribution in [-0.2, 0) is 23.9 Å². The van der Waals surface area contributed by atoms with Gasteiger partial charge in [-0.1, -0.05) is 23.2 Å². The van der Waals surface area contributed by atoms with Gasteiger partial charge in [0.25, 0.3) is 11.8 Å². The number of hydrogen-bond acceptors (Lipinski definition) is 8. The maximum absolute atomic E-state index is 13.0. The number of hydrazine groups is 1. The standard InChI is InChI=1S/C27H21Cl2N3O9/c1-14(33)30-20-12-6-15(7-13-20)23(34)31-32-24(35)21(40-26(38)16-2-8-18(28)9-3-16)22(25(36)37)41-27(39)17-4-10-19(29)11-5-17/h2-13,21-22H,1H3,(H,30,33)(H,31,34)(H,32,35)(H,36,37)/t21-,22-/m0/s1. The first-order chi connectivity index (χ1) is 19.4. The molecule has 0 saturated heterocycles. The second kappa shape index (κ2) is 13.9. The van der Waals surface area contributed by atoms with Crippen molar-refractivity contribution >= 4 is 64.5 Å². The van der Waals surface area contributed by atoms with Crippen molar-refractivity contribution < 1.29 is 43.3 Å². The van der Waals surface area contributed by atoms with Crippen LogP contribution < -0.4 is 16.2 Å². The summed E-state index contributed by atoms with van der Waals surface area (Å²) < 4.78 is 10.2. The number of carboxylic acids is 1. The van der Waals surface area contributed by atoms with Crippen LogP contribution in [0.4, 0.5) is 5.69 Å². The smallest absolute Gasteiger partial charge is 0.349 e. The molecule has 3 rings (SSSR count). The van der Waals surface area contributed by atoms with E-state index in [0.29, 0.717) is 15.7 Å². The number of carboxylic acid groups (broad SMARTS) is 1. The molecule has 0 aromatic heterocycles. The summed E-state index contributed by atoms with van der Waals surface area (Å²) in [6.07, 6.45) is -4.59. The molecule has 212 valence electrons. The van der Waals surface area contributed by atoms with Gasteiger partial charge in [0.2, 0.25) is 18.1 Å². The number of benzene rings is 3. The van der Waals surface area contributed by atoms with Crippen molar-refractivity contribution in [1.29, 1.82) is 0 Å². The minimum absolute atomic E-state index is 0.0538. The van der Waals surface area contributed by atoms with Crippen LogP contribution in [0.1, 0.15) is 38.0 Å². The zero-order valence-electron chi connectivity index (χ0n) is 21.1. The Kier molecular flexibility index (Phi) is 10.4. The first kappa shape index (κ1) is 30.6. The highest BCUT2D eigenvalue weighted by atomic mass is 35.5. The number of carbonyl (C=O) groups excluding carboxylic acids is 5. The van der Waals surface area contributed by atoms with Gasteiger partial charge in [0.1, 0.15) is 0 Å². The van der Waals surface area contributed by atoms with Gasteiger partial charge in [0, 0.05) is 28.2 Å². The number of nitrogens with one attached hydrogen (secondary N) is 3. The first-order valence-corrected chi connectivity index (χ1v) is 12.3. The zero-order valence-corrected chi connectivity index (χ0v) is 22.6. The number of esters is 2. The molecule has 3 aromatic rings. The quantitative estimate of drug-likeness (QED) is 0.212. The van der Waals surface area contributed by atoms with Gasteiger partial charge in [-0.15, -0.1) is 0 Å². The predicted octanol–water partition coefficient (Wildman–Crippen LogP) is 3.25. The zero-order chi connectivity index (χ0) is 30.1. The van der Waals surface area contributed by atoms with Crippen molar-refractivity contribution in [2.45, 2.75) is 19.1 Å². The van der Waals surface area contributed by atoms with Crippen molar-refractivity contribution in [3.8, 4) is 0 Å². The molecule has 0 spiro atoms. The molecule has 4 N–H and O–H groups in total. The number of rotatable bonds is 9. The Morgan fingerprint density at radius 2 is 1.10 bits per heavy atom. The second-order valence-corrected chi connectivity index (χ2v) is 9.08.